The lowest BCUT2D eigenvalue weighted by atomic mass is 9.97. The Kier molecular flexibility index (Phi) is 3.87. The van der Waals surface area contributed by atoms with Crippen molar-refractivity contribution in [3.63, 3.8) is 0 Å². The van der Waals surface area contributed by atoms with Gasteiger partial charge in [0, 0.05) is 5.92 Å². The van der Waals surface area contributed by atoms with Gasteiger partial charge in [0.15, 0.2) is 0 Å². The molecule has 98 valence electrons. The van der Waals surface area contributed by atoms with Gasteiger partial charge in [0.2, 0.25) is 5.91 Å². The third-order valence-corrected chi connectivity index (χ3v) is 2.93. The Morgan fingerprint density at radius 2 is 2.06 bits per heavy atom. The van der Waals surface area contributed by atoms with Crippen LogP contribution in [0.2, 0.25) is 0 Å². The van der Waals surface area contributed by atoms with E-state index in [0.717, 1.165) is 5.75 Å². The number of benzene rings is 1. The Bertz CT molecular complexity index is 399. The van der Waals surface area contributed by atoms with Gasteiger partial charge in [0.1, 0.15) is 17.9 Å². The molecular formula is C14H19NO3. The van der Waals surface area contributed by atoms with Crippen LogP contribution >= 0.6 is 0 Å². The summed E-state index contributed by atoms with van der Waals surface area (Å²) in [5.41, 5.74) is -0.364. The Morgan fingerprint density at radius 3 is 2.56 bits per heavy atom. The fourth-order valence-electron chi connectivity index (χ4n) is 1.68. The second-order valence-corrected chi connectivity index (χ2v) is 5.02. The molecule has 18 heavy (non-hydrogen) atoms. The zero-order valence-corrected chi connectivity index (χ0v) is 10.8. The van der Waals surface area contributed by atoms with Gasteiger partial charge in [-0.2, -0.15) is 0 Å². The molecule has 1 aromatic carbocycles. The van der Waals surface area contributed by atoms with Crippen molar-refractivity contribution in [2.45, 2.75) is 19.4 Å². The van der Waals surface area contributed by atoms with Crippen LogP contribution in [-0.2, 0) is 9.53 Å². The van der Waals surface area contributed by atoms with Crippen LogP contribution in [0.1, 0.15) is 13.8 Å². The third-order valence-electron chi connectivity index (χ3n) is 2.93. The molecule has 1 aromatic rings. The number of hydrogen-bond acceptors (Lipinski definition) is 3. The maximum atomic E-state index is 11.7. The molecule has 0 spiro atoms. The number of hydrogen-bond donors (Lipinski definition) is 1. The van der Waals surface area contributed by atoms with E-state index in [-0.39, 0.29) is 17.4 Å². The number of ether oxygens (including phenoxy) is 2. The Balaban J connectivity index is 1.91. The molecule has 0 aliphatic carbocycles. The van der Waals surface area contributed by atoms with E-state index in [1.807, 2.05) is 44.2 Å². The van der Waals surface area contributed by atoms with E-state index < -0.39 is 0 Å². The third kappa shape index (κ3) is 3.01. The number of carbonyl (C=O) groups is 1. The topological polar surface area (TPSA) is 47.6 Å². The minimum atomic E-state index is -0.364. The van der Waals surface area contributed by atoms with E-state index in [1.165, 1.54) is 0 Å². The highest BCUT2D eigenvalue weighted by Crippen LogP contribution is 2.20. The minimum Gasteiger partial charge on any atom is -0.491 e. The standard InChI is InChI=1S/C14H19NO3/c1-11(2)13(16)15-14(8-17-9-14)10-18-12-6-4-3-5-7-12/h3-7,11H,8-10H2,1-2H3,(H,15,16). The van der Waals surface area contributed by atoms with Crippen molar-refractivity contribution in [2.24, 2.45) is 5.92 Å². The first-order valence-electron chi connectivity index (χ1n) is 6.19. The monoisotopic (exact) mass is 249 g/mol. The van der Waals surface area contributed by atoms with Crippen molar-refractivity contribution in [3.8, 4) is 5.75 Å². The molecule has 1 amide bonds. The smallest absolute Gasteiger partial charge is 0.223 e. The summed E-state index contributed by atoms with van der Waals surface area (Å²) in [6.07, 6.45) is 0. The normalized spacial score (nSPS) is 17.1. The summed E-state index contributed by atoms with van der Waals surface area (Å²) in [4.78, 5) is 11.7. The number of para-hydroxylation sites is 1. The van der Waals surface area contributed by atoms with Crippen molar-refractivity contribution in [1.82, 2.24) is 5.32 Å². The van der Waals surface area contributed by atoms with Crippen LogP contribution in [0.15, 0.2) is 30.3 Å². The molecule has 1 saturated heterocycles. The van der Waals surface area contributed by atoms with Crippen LogP contribution in [-0.4, -0.2) is 31.3 Å². The summed E-state index contributed by atoms with van der Waals surface area (Å²) in [6.45, 7) is 5.22. The molecule has 4 heteroatoms. The van der Waals surface area contributed by atoms with Gasteiger partial charge < -0.3 is 14.8 Å². The lowest BCUT2D eigenvalue weighted by Gasteiger charge is -2.41. The summed E-state index contributed by atoms with van der Waals surface area (Å²) in [7, 11) is 0. The molecule has 0 aromatic heterocycles. The van der Waals surface area contributed by atoms with Crippen LogP contribution < -0.4 is 10.1 Å². The number of nitrogens with one attached hydrogen (secondary N) is 1. The molecule has 4 nitrogen and oxygen atoms in total. The van der Waals surface area contributed by atoms with Crippen LogP contribution in [0.5, 0.6) is 5.75 Å². The SMILES string of the molecule is CC(C)C(=O)NC1(COc2ccccc2)COC1. The molecule has 0 radical (unpaired) electrons. The maximum absolute atomic E-state index is 11.7. The summed E-state index contributed by atoms with van der Waals surface area (Å²) < 4.78 is 10.9. The highest BCUT2D eigenvalue weighted by molar-refractivity contribution is 5.78. The maximum Gasteiger partial charge on any atom is 0.223 e. The number of amides is 1. The van der Waals surface area contributed by atoms with Crippen LogP contribution in [0.25, 0.3) is 0 Å². The highest BCUT2D eigenvalue weighted by atomic mass is 16.5. The summed E-state index contributed by atoms with van der Waals surface area (Å²) >= 11 is 0. The predicted molar refractivity (Wildman–Crippen MR) is 68.5 cm³/mol. The minimum absolute atomic E-state index is 0.0285. The first-order valence-corrected chi connectivity index (χ1v) is 6.19. The predicted octanol–water partition coefficient (Wildman–Crippen LogP) is 1.61. The van der Waals surface area contributed by atoms with Gasteiger partial charge in [-0.1, -0.05) is 32.0 Å². The molecule has 0 bridgehead atoms. The average molecular weight is 249 g/mol. The van der Waals surface area contributed by atoms with Crippen molar-refractivity contribution < 1.29 is 14.3 Å². The number of rotatable bonds is 5. The Hall–Kier alpha value is -1.55. The molecule has 0 saturated carbocycles. The molecular weight excluding hydrogens is 230 g/mol. The van der Waals surface area contributed by atoms with Crippen molar-refractivity contribution in [1.29, 1.82) is 0 Å². The second kappa shape index (κ2) is 5.40. The molecule has 2 rings (SSSR count). The highest BCUT2D eigenvalue weighted by Gasteiger charge is 2.41. The van der Waals surface area contributed by atoms with Crippen LogP contribution in [0.3, 0.4) is 0 Å². The van der Waals surface area contributed by atoms with Crippen molar-refractivity contribution in [3.05, 3.63) is 30.3 Å². The molecule has 1 N–H and O–H groups in total. The molecule has 1 heterocycles. The van der Waals surface area contributed by atoms with Gasteiger partial charge in [0.25, 0.3) is 0 Å². The number of carbonyl (C=O) groups excluding carboxylic acids is 1. The van der Waals surface area contributed by atoms with Gasteiger partial charge in [-0.25, -0.2) is 0 Å². The van der Waals surface area contributed by atoms with E-state index in [1.54, 1.807) is 0 Å². The summed E-state index contributed by atoms with van der Waals surface area (Å²) in [6, 6.07) is 9.59. The molecule has 1 aliphatic heterocycles. The van der Waals surface area contributed by atoms with Crippen LogP contribution in [0.4, 0.5) is 0 Å². The van der Waals surface area contributed by atoms with Gasteiger partial charge in [0.05, 0.1) is 13.2 Å². The van der Waals surface area contributed by atoms with Gasteiger partial charge in [-0.15, -0.1) is 0 Å². The molecule has 1 fully saturated rings. The lowest BCUT2D eigenvalue weighted by Crippen LogP contribution is -2.66. The zero-order chi connectivity index (χ0) is 13.0. The first kappa shape index (κ1) is 12.9. The van der Waals surface area contributed by atoms with Crippen molar-refractivity contribution in [2.75, 3.05) is 19.8 Å². The first-order chi connectivity index (χ1) is 8.61. The van der Waals surface area contributed by atoms with Crippen LogP contribution in [0, 0.1) is 5.92 Å². The van der Waals surface area contributed by atoms with E-state index in [0.29, 0.717) is 19.8 Å². The van der Waals surface area contributed by atoms with Gasteiger partial charge >= 0.3 is 0 Å². The van der Waals surface area contributed by atoms with Gasteiger partial charge in [-0.05, 0) is 12.1 Å². The summed E-state index contributed by atoms with van der Waals surface area (Å²) in [5.74, 6) is 0.816. The fraction of sp³-hybridized carbons (Fsp3) is 0.500. The fourth-order valence-corrected chi connectivity index (χ4v) is 1.68. The molecule has 0 unspecified atom stereocenters. The zero-order valence-electron chi connectivity index (χ0n) is 10.8. The molecule has 1 aliphatic rings. The van der Waals surface area contributed by atoms with E-state index >= 15 is 0 Å². The largest absolute Gasteiger partial charge is 0.491 e. The average Bonchev–Trinajstić information content (AvgIpc) is 2.33. The lowest BCUT2D eigenvalue weighted by molar-refractivity contribution is -0.139. The summed E-state index contributed by atoms with van der Waals surface area (Å²) in [5, 5.41) is 3.01. The van der Waals surface area contributed by atoms with Crippen molar-refractivity contribution >= 4 is 5.91 Å². The van der Waals surface area contributed by atoms with E-state index in [2.05, 4.69) is 5.32 Å². The quantitative estimate of drug-likeness (QED) is 0.862. The van der Waals surface area contributed by atoms with E-state index in [4.69, 9.17) is 9.47 Å². The second-order valence-electron chi connectivity index (χ2n) is 5.02. The Morgan fingerprint density at radius 1 is 1.39 bits per heavy atom. The van der Waals surface area contributed by atoms with E-state index in [9.17, 15) is 4.79 Å². The van der Waals surface area contributed by atoms with Gasteiger partial charge in [-0.3, -0.25) is 4.79 Å². The molecule has 0 atom stereocenters. The Labute approximate surface area is 107 Å².